The lowest BCUT2D eigenvalue weighted by Crippen LogP contribution is -2.54. The minimum Gasteiger partial charge on any atom is -0.459 e. The van der Waals surface area contributed by atoms with Crippen LogP contribution in [-0.4, -0.2) is 72.4 Å². The van der Waals surface area contributed by atoms with Crippen LogP contribution >= 0.6 is 0 Å². The number of carbonyl (C=O) groups excluding carboxylic acids is 2. The Kier molecular flexibility index (Phi) is 7.71. The standard InChI is InChI=1S/C26H30N6O4/c1-4-19-8-5-6-9-20(19)28-23(33)17-30(3)25(34)18(2)31-11-13-32(14-12-31)26-21(16-27)29-24(36-26)22-10-7-15-35-22/h5-10,15,18H,4,11-14,17H2,1-3H3,(H,28,33). The molecule has 4 rings (SSSR count). The summed E-state index contributed by atoms with van der Waals surface area (Å²) < 4.78 is 11.2. The van der Waals surface area contributed by atoms with Crippen LogP contribution in [0, 0.1) is 11.3 Å². The summed E-state index contributed by atoms with van der Waals surface area (Å²) in [4.78, 5) is 35.3. The third-order valence-electron chi connectivity index (χ3n) is 6.38. The van der Waals surface area contributed by atoms with Crippen LogP contribution in [0.3, 0.4) is 0 Å². The van der Waals surface area contributed by atoms with E-state index < -0.39 is 6.04 Å². The van der Waals surface area contributed by atoms with Gasteiger partial charge in [0, 0.05) is 38.9 Å². The number of oxazole rings is 1. The number of hydrogen-bond donors (Lipinski definition) is 1. The number of nitrogens with one attached hydrogen (secondary N) is 1. The molecule has 3 heterocycles. The topological polar surface area (TPSA) is 119 Å². The predicted molar refractivity (Wildman–Crippen MR) is 134 cm³/mol. The zero-order valence-electron chi connectivity index (χ0n) is 20.7. The first-order valence-electron chi connectivity index (χ1n) is 12.0. The van der Waals surface area contributed by atoms with Crippen LogP contribution in [0.5, 0.6) is 0 Å². The molecule has 0 aliphatic carbocycles. The van der Waals surface area contributed by atoms with Gasteiger partial charge in [-0.1, -0.05) is 25.1 Å². The highest BCUT2D eigenvalue weighted by Gasteiger charge is 2.31. The maximum absolute atomic E-state index is 13.0. The molecule has 1 N–H and O–H groups in total. The highest BCUT2D eigenvalue weighted by atomic mass is 16.4. The largest absolute Gasteiger partial charge is 0.459 e. The number of nitriles is 1. The van der Waals surface area contributed by atoms with E-state index in [1.807, 2.05) is 43.0 Å². The van der Waals surface area contributed by atoms with E-state index >= 15 is 0 Å². The Morgan fingerprint density at radius 2 is 1.94 bits per heavy atom. The summed E-state index contributed by atoms with van der Waals surface area (Å²) in [6, 6.07) is 12.8. The van der Waals surface area contributed by atoms with Gasteiger partial charge in [-0.2, -0.15) is 10.2 Å². The predicted octanol–water partition coefficient (Wildman–Crippen LogP) is 2.98. The molecule has 10 nitrogen and oxygen atoms in total. The van der Waals surface area contributed by atoms with Crippen LogP contribution in [0.1, 0.15) is 25.1 Å². The maximum Gasteiger partial charge on any atom is 0.266 e. The number of furan rings is 1. The van der Waals surface area contributed by atoms with Crippen LogP contribution < -0.4 is 10.2 Å². The molecule has 2 aromatic heterocycles. The quantitative estimate of drug-likeness (QED) is 0.512. The zero-order valence-corrected chi connectivity index (χ0v) is 20.7. The third kappa shape index (κ3) is 5.42. The second-order valence-corrected chi connectivity index (χ2v) is 8.71. The minimum atomic E-state index is -0.392. The number of aromatic nitrogens is 1. The molecule has 1 fully saturated rings. The van der Waals surface area contributed by atoms with E-state index in [9.17, 15) is 14.9 Å². The molecule has 1 saturated heterocycles. The molecule has 2 amide bonds. The number of likely N-dealkylation sites (N-methyl/N-ethyl adjacent to an activating group) is 1. The highest BCUT2D eigenvalue weighted by Crippen LogP contribution is 2.29. The van der Waals surface area contributed by atoms with Crippen LogP contribution in [-0.2, 0) is 16.0 Å². The molecule has 10 heteroatoms. The summed E-state index contributed by atoms with van der Waals surface area (Å²) in [7, 11) is 1.64. The second-order valence-electron chi connectivity index (χ2n) is 8.71. The number of anilines is 2. The van der Waals surface area contributed by atoms with Gasteiger partial charge in [0.15, 0.2) is 5.76 Å². The molecule has 0 bridgehead atoms. The average molecular weight is 491 g/mol. The van der Waals surface area contributed by atoms with Crippen molar-refractivity contribution < 1.29 is 18.4 Å². The van der Waals surface area contributed by atoms with E-state index in [0.717, 1.165) is 17.7 Å². The fourth-order valence-corrected chi connectivity index (χ4v) is 4.33. The van der Waals surface area contributed by atoms with Gasteiger partial charge in [-0.05, 0) is 37.1 Å². The van der Waals surface area contributed by atoms with Crippen LogP contribution in [0.2, 0.25) is 0 Å². The second kappa shape index (κ2) is 11.1. The fourth-order valence-electron chi connectivity index (χ4n) is 4.33. The van der Waals surface area contributed by atoms with Crippen molar-refractivity contribution in [1.29, 1.82) is 5.26 Å². The lowest BCUT2D eigenvalue weighted by Gasteiger charge is -2.38. The van der Waals surface area contributed by atoms with Crippen molar-refractivity contribution in [1.82, 2.24) is 14.8 Å². The molecular formula is C26H30N6O4. The van der Waals surface area contributed by atoms with E-state index in [1.54, 1.807) is 19.2 Å². The number of carbonyl (C=O) groups is 2. The summed E-state index contributed by atoms with van der Waals surface area (Å²) in [6.07, 6.45) is 2.33. The SMILES string of the molecule is CCc1ccccc1NC(=O)CN(C)C(=O)C(C)N1CCN(c2oc(-c3ccco3)nc2C#N)CC1. The van der Waals surface area contributed by atoms with Crippen molar-refractivity contribution in [2.75, 3.05) is 50.0 Å². The molecule has 1 aliphatic heterocycles. The van der Waals surface area contributed by atoms with Gasteiger partial charge in [0.25, 0.3) is 5.89 Å². The Morgan fingerprint density at radius 1 is 1.19 bits per heavy atom. The third-order valence-corrected chi connectivity index (χ3v) is 6.38. The van der Waals surface area contributed by atoms with Crippen molar-refractivity contribution in [2.24, 2.45) is 0 Å². The Bertz CT molecular complexity index is 1240. The number of amides is 2. The van der Waals surface area contributed by atoms with E-state index in [2.05, 4.69) is 21.3 Å². The maximum atomic E-state index is 13.0. The van der Waals surface area contributed by atoms with Crippen molar-refractivity contribution in [3.63, 3.8) is 0 Å². The number of benzene rings is 1. The first kappa shape index (κ1) is 25.0. The van der Waals surface area contributed by atoms with E-state index in [1.165, 1.54) is 11.2 Å². The normalized spacial score (nSPS) is 14.8. The smallest absolute Gasteiger partial charge is 0.266 e. The summed E-state index contributed by atoms with van der Waals surface area (Å²) in [5, 5.41) is 12.4. The van der Waals surface area contributed by atoms with Gasteiger partial charge in [0.1, 0.15) is 6.07 Å². The van der Waals surface area contributed by atoms with Crippen molar-refractivity contribution in [3.8, 4) is 17.7 Å². The fraction of sp³-hybridized carbons (Fsp3) is 0.385. The van der Waals surface area contributed by atoms with Crippen LogP contribution in [0.4, 0.5) is 11.6 Å². The molecule has 1 atom stereocenters. The van der Waals surface area contributed by atoms with E-state index in [4.69, 9.17) is 8.83 Å². The monoisotopic (exact) mass is 490 g/mol. The minimum absolute atomic E-state index is 0.0274. The summed E-state index contributed by atoms with van der Waals surface area (Å²) in [6.45, 7) is 6.18. The lowest BCUT2D eigenvalue weighted by atomic mass is 10.1. The molecule has 0 spiro atoms. The molecule has 36 heavy (non-hydrogen) atoms. The molecular weight excluding hydrogens is 460 g/mol. The number of nitrogens with zero attached hydrogens (tertiary/aromatic N) is 5. The molecule has 1 aliphatic rings. The van der Waals surface area contributed by atoms with Gasteiger partial charge < -0.3 is 24.0 Å². The number of para-hydroxylation sites is 1. The number of piperazine rings is 1. The summed E-state index contributed by atoms with van der Waals surface area (Å²) in [5.74, 6) is 0.772. The molecule has 1 aromatic carbocycles. The first-order valence-corrected chi connectivity index (χ1v) is 12.0. The Labute approximate surface area is 210 Å². The average Bonchev–Trinajstić information content (AvgIpc) is 3.58. The van der Waals surface area contributed by atoms with Gasteiger partial charge in [0.05, 0.1) is 18.8 Å². The summed E-state index contributed by atoms with van der Waals surface area (Å²) in [5.41, 5.74) is 2.03. The van der Waals surface area contributed by atoms with Gasteiger partial charge in [0.2, 0.25) is 23.4 Å². The van der Waals surface area contributed by atoms with Crippen molar-refractivity contribution >= 4 is 23.4 Å². The Morgan fingerprint density at radius 3 is 2.61 bits per heavy atom. The molecule has 3 aromatic rings. The van der Waals surface area contributed by atoms with Gasteiger partial charge >= 0.3 is 0 Å². The van der Waals surface area contributed by atoms with Crippen molar-refractivity contribution in [3.05, 3.63) is 53.9 Å². The van der Waals surface area contributed by atoms with Gasteiger partial charge in [-0.3, -0.25) is 14.5 Å². The molecule has 188 valence electrons. The highest BCUT2D eigenvalue weighted by molar-refractivity contribution is 5.95. The zero-order chi connectivity index (χ0) is 25.7. The Balaban J connectivity index is 1.32. The van der Waals surface area contributed by atoms with E-state index in [0.29, 0.717) is 37.8 Å². The van der Waals surface area contributed by atoms with Crippen LogP contribution in [0.25, 0.3) is 11.7 Å². The van der Waals surface area contributed by atoms with E-state index in [-0.39, 0.29) is 29.9 Å². The first-order chi connectivity index (χ1) is 17.4. The number of aryl methyl sites for hydroxylation is 1. The number of rotatable bonds is 8. The molecule has 0 radical (unpaired) electrons. The molecule has 1 unspecified atom stereocenters. The summed E-state index contributed by atoms with van der Waals surface area (Å²) >= 11 is 0. The van der Waals surface area contributed by atoms with Gasteiger partial charge in [-0.15, -0.1) is 0 Å². The van der Waals surface area contributed by atoms with Crippen molar-refractivity contribution in [2.45, 2.75) is 26.3 Å². The molecule has 0 saturated carbocycles. The number of hydrogen-bond acceptors (Lipinski definition) is 8. The Hall–Kier alpha value is -4.10. The van der Waals surface area contributed by atoms with Crippen LogP contribution in [0.15, 0.2) is 51.5 Å². The van der Waals surface area contributed by atoms with Gasteiger partial charge in [-0.25, -0.2) is 0 Å². The lowest BCUT2D eigenvalue weighted by molar-refractivity contribution is -0.137.